The molecule has 2 rings (SSSR count). The van der Waals surface area contributed by atoms with E-state index < -0.39 is 28.0 Å². The molecule has 1 N–H and O–H groups in total. The lowest BCUT2D eigenvalue weighted by Crippen LogP contribution is -2.46. The van der Waals surface area contributed by atoms with Crippen LogP contribution < -0.4 is 5.32 Å². The summed E-state index contributed by atoms with van der Waals surface area (Å²) >= 11 is 0. The molecule has 7 nitrogen and oxygen atoms in total. The van der Waals surface area contributed by atoms with Crippen molar-refractivity contribution in [1.82, 2.24) is 9.62 Å². The number of nitrogens with one attached hydrogen (secondary N) is 1. The molecule has 2 atom stereocenters. The Balaban J connectivity index is 2.08. The lowest BCUT2D eigenvalue weighted by Gasteiger charge is -2.32. The normalized spacial score (nSPS) is 19.3. The van der Waals surface area contributed by atoms with E-state index >= 15 is 0 Å². The molecule has 0 radical (unpaired) electrons. The molecular weight excluding hydrogens is 368 g/mol. The zero-order valence-corrected chi connectivity index (χ0v) is 16.7. The number of carbonyl (C=O) groups excluding carboxylic acids is 2. The Morgan fingerprint density at radius 3 is 2.63 bits per heavy atom. The fourth-order valence-electron chi connectivity index (χ4n) is 3.27. The van der Waals surface area contributed by atoms with Gasteiger partial charge in [0.15, 0.2) is 0 Å². The van der Waals surface area contributed by atoms with E-state index in [4.69, 9.17) is 4.74 Å². The van der Waals surface area contributed by atoms with Gasteiger partial charge in [0.25, 0.3) is 0 Å². The van der Waals surface area contributed by atoms with E-state index in [-0.39, 0.29) is 24.6 Å². The summed E-state index contributed by atoms with van der Waals surface area (Å²) in [5, 5.41) is 2.91. The zero-order chi connectivity index (χ0) is 19.9. The smallest absolute Gasteiger partial charge is 0.307 e. The Bertz CT molecular complexity index is 736. The first kappa shape index (κ1) is 21.4. The third kappa shape index (κ3) is 6.04. The molecule has 8 heteroatoms. The highest BCUT2D eigenvalue weighted by Crippen LogP contribution is 2.23. The average Bonchev–Trinajstić information content (AvgIpc) is 2.68. The van der Waals surface area contributed by atoms with Gasteiger partial charge in [-0.2, -0.15) is 0 Å². The summed E-state index contributed by atoms with van der Waals surface area (Å²) in [6, 6.07) is 8.71. The molecule has 1 aliphatic heterocycles. The van der Waals surface area contributed by atoms with E-state index in [1.165, 1.54) is 11.4 Å². The van der Waals surface area contributed by atoms with E-state index in [2.05, 4.69) is 5.32 Å². The topological polar surface area (TPSA) is 92.8 Å². The van der Waals surface area contributed by atoms with Crippen molar-refractivity contribution in [2.75, 3.05) is 26.0 Å². The molecule has 1 aromatic carbocycles. The Labute approximate surface area is 161 Å². The number of rotatable bonds is 8. The maximum Gasteiger partial charge on any atom is 0.307 e. The number of piperidine rings is 1. The van der Waals surface area contributed by atoms with Crippen molar-refractivity contribution in [3.05, 3.63) is 35.9 Å². The quantitative estimate of drug-likeness (QED) is 0.677. The molecular formula is C19H28N2O5S. The number of benzene rings is 1. The minimum atomic E-state index is -3.32. The fraction of sp³-hybridized carbons (Fsp3) is 0.579. The lowest BCUT2D eigenvalue weighted by molar-refractivity contribution is -0.141. The highest BCUT2D eigenvalue weighted by Gasteiger charge is 2.33. The van der Waals surface area contributed by atoms with E-state index in [1.54, 1.807) is 0 Å². The Morgan fingerprint density at radius 2 is 2.00 bits per heavy atom. The van der Waals surface area contributed by atoms with Gasteiger partial charge in [0, 0.05) is 13.1 Å². The van der Waals surface area contributed by atoms with E-state index in [0.29, 0.717) is 25.8 Å². The van der Waals surface area contributed by atoms with Crippen molar-refractivity contribution in [2.24, 2.45) is 5.92 Å². The highest BCUT2D eigenvalue weighted by molar-refractivity contribution is 7.89. The summed E-state index contributed by atoms with van der Waals surface area (Å²) < 4.78 is 30.8. The highest BCUT2D eigenvalue weighted by atomic mass is 32.2. The standard InChI is InChI=1S/C19H28N2O5S/c1-3-12-27(24,25)21-11-7-10-16(14-21)19(23)20-17(13-18(22)26-2)15-8-5-4-6-9-15/h4-6,8-9,16-17H,3,7,10-14H2,1-2H3,(H,20,23)/t16-,17+/m0/s1. The molecule has 0 bridgehead atoms. The summed E-state index contributed by atoms with van der Waals surface area (Å²) in [6.07, 6.45) is 1.85. The number of methoxy groups -OCH3 is 1. The van der Waals surface area contributed by atoms with Crippen LogP contribution in [0.25, 0.3) is 0 Å². The second-order valence-corrected chi connectivity index (χ2v) is 8.85. The Morgan fingerprint density at radius 1 is 1.30 bits per heavy atom. The molecule has 1 saturated heterocycles. The second-order valence-electron chi connectivity index (χ2n) is 6.77. The minimum absolute atomic E-state index is 0.0246. The maximum atomic E-state index is 12.8. The number of hydrogen-bond donors (Lipinski definition) is 1. The van der Waals surface area contributed by atoms with Gasteiger partial charge in [0.2, 0.25) is 15.9 Å². The predicted molar refractivity (Wildman–Crippen MR) is 102 cm³/mol. The van der Waals surface area contributed by atoms with E-state index in [0.717, 1.165) is 5.56 Å². The number of nitrogens with zero attached hydrogens (tertiary/aromatic N) is 1. The fourth-order valence-corrected chi connectivity index (χ4v) is 4.86. The van der Waals surface area contributed by atoms with Crippen LogP contribution in [0.2, 0.25) is 0 Å². The van der Waals surface area contributed by atoms with Crippen LogP contribution in [0.5, 0.6) is 0 Å². The first-order chi connectivity index (χ1) is 12.9. The van der Waals surface area contributed by atoms with Gasteiger partial charge in [-0.15, -0.1) is 0 Å². The summed E-state index contributed by atoms with van der Waals surface area (Å²) in [6.45, 7) is 2.47. The molecule has 0 aromatic heterocycles. The third-order valence-electron chi connectivity index (χ3n) is 4.73. The van der Waals surface area contributed by atoms with E-state index in [9.17, 15) is 18.0 Å². The molecule has 0 spiro atoms. The summed E-state index contributed by atoms with van der Waals surface area (Å²) in [5.74, 6) is -0.977. The molecule has 0 unspecified atom stereocenters. The molecule has 1 amide bonds. The molecule has 1 heterocycles. The van der Waals surface area contributed by atoms with Gasteiger partial charge in [0.05, 0.1) is 31.2 Å². The average molecular weight is 397 g/mol. The van der Waals surface area contributed by atoms with Crippen LogP contribution in [-0.2, 0) is 24.3 Å². The largest absolute Gasteiger partial charge is 0.469 e. The SMILES string of the molecule is CCCS(=O)(=O)N1CCC[C@H](C(=O)N[C@H](CC(=O)OC)c2ccccc2)C1. The van der Waals surface area contributed by atoms with Gasteiger partial charge in [0.1, 0.15) is 0 Å². The van der Waals surface area contributed by atoms with Gasteiger partial charge in [-0.1, -0.05) is 37.3 Å². The number of esters is 1. The molecule has 150 valence electrons. The molecule has 1 aromatic rings. The number of ether oxygens (including phenoxy) is 1. The summed E-state index contributed by atoms with van der Waals surface area (Å²) in [7, 11) is -2.01. The van der Waals surface area contributed by atoms with Gasteiger partial charge in [-0.25, -0.2) is 12.7 Å². The van der Waals surface area contributed by atoms with Crippen molar-refractivity contribution in [2.45, 2.75) is 38.6 Å². The van der Waals surface area contributed by atoms with Crippen LogP contribution in [0, 0.1) is 5.92 Å². The molecule has 1 aliphatic rings. The monoisotopic (exact) mass is 396 g/mol. The van der Waals surface area contributed by atoms with Crippen molar-refractivity contribution < 1.29 is 22.7 Å². The van der Waals surface area contributed by atoms with Crippen molar-refractivity contribution in [1.29, 1.82) is 0 Å². The molecule has 0 aliphatic carbocycles. The van der Waals surface area contributed by atoms with E-state index in [1.807, 2.05) is 37.3 Å². The van der Waals surface area contributed by atoms with Gasteiger partial charge < -0.3 is 10.1 Å². The van der Waals surface area contributed by atoms with Crippen molar-refractivity contribution in [3.63, 3.8) is 0 Å². The molecule has 1 fully saturated rings. The number of amides is 1. The number of sulfonamides is 1. The van der Waals surface area contributed by atoms with Crippen molar-refractivity contribution >= 4 is 21.9 Å². The summed E-state index contributed by atoms with van der Waals surface area (Å²) in [5.41, 5.74) is 0.808. The molecule has 0 saturated carbocycles. The number of hydrogen-bond acceptors (Lipinski definition) is 5. The molecule has 27 heavy (non-hydrogen) atoms. The minimum Gasteiger partial charge on any atom is -0.469 e. The van der Waals surface area contributed by atoms with Gasteiger partial charge in [-0.3, -0.25) is 9.59 Å². The van der Waals surface area contributed by atoms with Crippen molar-refractivity contribution in [3.8, 4) is 0 Å². The summed E-state index contributed by atoms with van der Waals surface area (Å²) in [4.78, 5) is 24.5. The second kappa shape index (κ2) is 9.85. The van der Waals surface area contributed by atoms with Crippen LogP contribution in [0.4, 0.5) is 0 Å². The van der Waals surface area contributed by atoms with Crippen LogP contribution in [0.1, 0.15) is 44.2 Å². The van der Waals surface area contributed by atoms with Crippen LogP contribution in [0.15, 0.2) is 30.3 Å². The predicted octanol–water partition coefficient (Wildman–Crippen LogP) is 1.86. The third-order valence-corrected chi connectivity index (χ3v) is 6.77. The van der Waals surface area contributed by atoms with Crippen LogP contribution >= 0.6 is 0 Å². The first-order valence-corrected chi connectivity index (χ1v) is 10.9. The Kier molecular flexibility index (Phi) is 7.79. The lowest BCUT2D eigenvalue weighted by atomic mass is 9.97. The first-order valence-electron chi connectivity index (χ1n) is 9.27. The van der Waals surface area contributed by atoms with Gasteiger partial charge >= 0.3 is 5.97 Å². The Hall–Kier alpha value is -1.93. The van der Waals surface area contributed by atoms with Crippen LogP contribution in [-0.4, -0.2) is 50.6 Å². The zero-order valence-electron chi connectivity index (χ0n) is 15.9. The number of carbonyl (C=O) groups is 2. The van der Waals surface area contributed by atoms with Gasteiger partial charge in [-0.05, 0) is 24.8 Å². The van der Waals surface area contributed by atoms with Crippen LogP contribution in [0.3, 0.4) is 0 Å². The maximum absolute atomic E-state index is 12.8.